The van der Waals surface area contributed by atoms with Gasteiger partial charge < -0.3 is 10.5 Å². The second-order valence-electron chi connectivity index (χ2n) is 4.47. The molecule has 0 aliphatic carbocycles. The number of aromatic nitrogens is 1. The zero-order valence-electron chi connectivity index (χ0n) is 11.5. The normalized spacial score (nSPS) is 9.95. The molecule has 7 nitrogen and oxygen atoms in total. The van der Waals surface area contributed by atoms with E-state index in [4.69, 9.17) is 15.7 Å². The van der Waals surface area contributed by atoms with E-state index in [2.05, 4.69) is 4.98 Å². The van der Waals surface area contributed by atoms with Crippen LogP contribution in [0.1, 0.15) is 16.7 Å². The molecule has 0 fully saturated rings. The highest BCUT2D eigenvalue weighted by atomic mass is 16.6. The molecule has 1 aromatic heterocycles. The van der Waals surface area contributed by atoms with Crippen LogP contribution < -0.4 is 10.5 Å². The lowest BCUT2D eigenvalue weighted by Crippen LogP contribution is -2.01. The quantitative estimate of drug-likeness (QED) is 0.684. The number of nitrogens with zero attached hydrogens (tertiary/aromatic N) is 3. The van der Waals surface area contributed by atoms with Crippen LogP contribution >= 0.6 is 0 Å². The van der Waals surface area contributed by atoms with Crippen molar-refractivity contribution < 1.29 is 9.66 Å². The molecule has 0 bridgehead atoms. The summed E-state index contributed by atoms with van der Waals surface area (Å²) in [5.41, 5.74) is 7.14. The first-order valence-electron chi connectivity index (χ1n) is 6.02. The maximum Gasteiger partial charge on any atom is 0.331 e. The summed E-state index contributed by atoms with van der Waals surface area (Å²) in [6, 6.07) is 7.90. The summed E-state index contributed by atoms with van der Waals surface area (Å²) in [6.07, 6.45) is 0. The number of nitriles is 1. The fraction of sp³-hybridized carbons (Fsp3) is 0.143. The maximum atomic E-state index is 11.0. The first-order valence-corrected chi connectivity index (χ1v) is 6.02. The van der Waals surface area contributed by atoms with Crippen LogP contribution in [0.3, 0.4) is 0 Å². The Balaban J connectivity index is 2.51. The van der Waals surface area contributed by atoms with Crippen molar-refractivity contribution >= 4 is 11.5 Å². The summed E-state index contributed by atoms with van der Waals surface area (Å²) >= 11 is 0. The molecule has 1 aromatic carbocycles. The average molecular weight is 284 g/mol. The van der Waals surface area contributed by atoms with Gasteiger partial charge in [0, 0.05) is 6.07 Å². The highest BCUT2D eigenvalue weighted by Crippen LogP contribution is 2.34. The van der Waals surface area contributed by atoms with E-state index in [0.29, 0.717) is 22.4 Å². The van der Waals surface area contributed by atoms with E-state index in [1.165, 1.54) is 12.1 Å². The first kappa shape index (κ1) is 14.3. The molecule has 0 saturated heterocycles. The molecule has 0 spiro atoms. The molecule has 0 atom stereocenters. The van der Waals surface area contributed by atoms with Gasteiger partial charge in [0.1, 0.15) is 11.6 Å². The van der Waals surface area contributed by atoms with Crippen molar-refractivity contribution in [2.75, 3.05) is 5.73 Å². The molecule has 0 aliphatic rings. The van der Waals surface area contributed by atoms with Gasteiger partial charge in [-0.1, -0.05) is 0 Å². The SMILES string of the molecule is Cc1cc(C#N)cc(C)c1Oc1nc(N)ccc1[N+](=O)[O-]. The summed E-state index contributed by atoms with van der Waals surface area (Å²) in [4.78, 5) is 14.3. The van der Waals surface area contributed by atoms with Crippen LogP contribution in [0, 0.1) is 35.3 Å². The van der Waals surface area contributed by atoms with Crippen LogP contribution in [0.2, 0.25) is 0 Å². The third kappa shape index (κ3) is 2.90. The summed E-state index contributed by atoms with van der Waals surface area (Å²) in [7, 11) is 0. The van der Waals surface area contributed by atoms with E-state index in [0.717, 1.165) is 0 Å². The molecule has 7 heteroatoms. The molecule has 1 heterocycles. The molecular formula is C14H12N4O3. The number of benzene rings is 1. The number of hydrogen-bond donors (Lipinski definition) is 1. The van der Waals surface area contributed by atoms with Crippen molar-refractivity contribution in [2.24, 2.45) is 0 Å². The number of hydrogen-bond acceptors (Lipinski definition) is 6. The predicted octanol–water partition coefficient (Wildman–Crippen LogP) is 2.85. The van der Waals surface area contributed by atoms with Gasteiger partial charge in [-0.05, 0) is 43.2 Å². The number of anilines is 1. The summed E-state index contributed by atoms with van der Waals surface area (Å²) < 4.78 is 5.57. The summed E-state index contributed by atoms with van der Waals surface area (Å²) in [5, 5.41) is 19.9. The lowest BCUT2D eigenvalue weighted by atomic mass is 10.1. The highest BCUT2D eigenvalue weighted by molar-refractivity contribution is 5.52. The van der Waals surface area contributed by atoms with E-state index in [9.17, 15) is 10.1 Å². The molecule has 106 valence electrons. The van der Waals surface area contributed by atoms with Crippen LogP contribution in [-0.4, -0.2) is 9.91 Å². The van der Waals surface area contributed by atoms with Gasteiger partial charge in [0.05, 0.1) is 16.6 Å². The van der Waals surface area contributed by atoms with Gasteiger partial charge in [-0.15, -0.1) is 0 Å². The molecule has 0 aliphatic heterocycles. The number of pyridine rings is 1. The predicted molar refractivity (Wildman–Crippen MR) is 76.0 cm³/mol. The van der Waals surface area contributed by atoms with Gasteiger partial charge in [0.15, 0.2) is 0 Å². The Labute approximate surface area is 120 Å². The van der Waals surface area contributed by atoms with Gasteiger partial charge in [-0.3, -0.25) is 10.1 Å². The van der Waals surface area contributed by atoms with Crippen LogP contribution in [0.15, 0.2) is 24.3 Å². The van der Waals surface area contributed by atoms with Crippen molar-refractivity contribution in [3.8, 4) is 17.7 Å². The lowest BCUT2D eigenvalue weighted by molar-refractivity contribution is -0.386. The zero-order valence-corrected chi connectivity index (χ0v) is 11.5. The Morgan fingerprint density at radius 1 is 1.33 bits per heavy atom. The fourth-order valence-electron chi connectivity index (χ4n) is 1.93. The number of ether oxygens (including phenoxy) is 1. The Hall–Kier alpha value is -3.14. The molecule has 0 unspecified atom stereocenters. The average Bonchev–Trinajstić information content (AvgIpc) is 2.42. The van der Waals surface area contributed by atoms with Crippen molar-refractivity contribution in [3.05, 3.63) is 51.1 Å². The topological polar surface area (TPSA) is 115 Å². The van der Waals surface area contributed by atoms with Gasteiger partial charge in [-0.2, -0.15) is 10.2 Å². The third-order valence-electron chi connectivity index (χ3n) is 2.85. The van der Waals surface area contributed by atoms with Gasteiger partial charge in [0.25, 0.3) is 0 Å². The van der Waals surface area contributed by atoms with E-state index >= 15 is 0 Å². The van der Waals surface area contributed by atoms with Gasteiger partial charge in [0.2, 0.25) is 0 Å². The molecule has 2 rings (SSSR count). The van der Waals surface area contributed by atoms with Crippen molar-refractivity contribution in [1.29, 1.82) is 5.26 Å². The van der Waals surface area contributed by atoms with Crippen molar-refractivity contribution in [1.82, 2.24) is 4.98 Å². The number of nitrogen functional groups attached to an aromatic ring is 1. The summed E-state index contributed by atoms with van der Waals surface area (Å²) in [6.45, 7) is 3.50. The van der Waals surface area contributed by atoms with Crippen molar-refractivity contribution in [2.45, 2.75) is 13.8 Å². The Morgan fingerprint density at radius 3 is 2.48 bits per heavy atom. The molecule has 21 heavy (non-hydrogen) atoms. The van der Waals surface area contributed by atoms with Gasteiger partial charge >= 0.3 is 11.6 Å². The van der Waals surface area contributed by atoms with E-state index in [1.54, 1.807) is 26.0 Å². The number of nitro groups is 1. The molecule has 0 radical (unpaired) electrons. The van der Waals surface area contributed by atoms with E-state index in [-0.39, 0.29) is 17.4 Å². The number of rotatable bonds is 3. The second kappa shape index (κ2) is 5.46. The highest BCUT2D eigenvalue weighted by Gasteiger charge is 2.19. The first-order chi connectivity index (χ1) is 9.92. The third-order valence-corrected chi connectivity index (χ3v) is 2.85. The lowest BCUT2D eigenvalue weighted by Gasteiger charge is -2.11. The summed E-state index contributed by atoms with van der Waals surface area (Å²) in [5.74, 6) is 0.380. The smallest absolute Gasteiger partial charge is 0.331 e. The minimum atomic E-state index is -0.587. The minimum absolute atomic E-state index is 0.125. The van der Waals surface area contributed by atoms with Crippen LogP contribution in [0.25, 0.3) is 0 Å². The van der Waals surface area contributed by atoms with Crippen LogP contribution in [-0.2, 0) is 0 Å². The van der Waals surface area contributed by atoms with E-state index in [1.807, 2.05) is 6.07 Å². The van der Waals surface area contributed by atoms with Crippen LogP contribution in [0.4, 0.5) is 11.5 Å². The van der Waals surface area contributed by atoms with Gasteiger partial charge in [-0.25, -0.2) is 0 Å². The second-order valence-corrected chi connectivity index (χ2v) is 4.47. The molecule has 0 amide bonds. The Kier molecular flexibility index (Phi) is 3.71. The number of aryl methyl sites for hydroxylation is 2. The maximum absolute atomic E-state index is 11.0. The monoisotopic (exact) mass is 284 g/mol. The Bertz CT molecular complexity index is 742. The zero-order chi connectivity index (χ0) is 15.6. The number of nitrogens with two attached hydrogens (primary N) is 1. The molecule has 2 N–H and O–H groups in total. The molecular weight excluding hydrogens is 272 g/mol. The fourth-order valence-corrected chi connectivity index (χ4v) is 1.93. The van der Waals surface area contributed by atoms with E-state index < -0.39 is 4.92 Å². The Morgan fingerprint density at radius 2 is 1.95 bits per heavy atom. The van der Waals surface area contributed by atoms with Crippen LogP contribution in [0.5, 0.6) is 11.6 Å². The standard InChI is InChI=1S/C14H12N4O3/c1-8-5-10(7-15)6-9(2)13(8)21-14-11(18(19)20)3-4-12(16)17-14/h3-6H,1-2H3,(H2,16,17). The largest absolute Gasteiger partial charge is 0.433 e. The molecule has 0 saturated carbocycles. The van der Waals surface area contributed by atoms with Crippen molar-refractivity contribution in [3.63, 3.8) is 0 Å². The minimum Gasteiger partial charge on any atom is -0.433 e. The molecule has 2 aromatic rings.